The number of hydrogen-bond donors (Lipinski definition) is 2. The van der Waals surface area contributed by atoms with Crippen LogP contribution in [0.1, 0.15) is 40.7 Å². The van der Waals surface area contributed by atoms with Crippen LogP contribution >= 0.6 is 0 Å². The van der Waals surface area contributed by atoms with Gasteiger partial charge in [-0.15, -0.1) is 0 Å². The van der Waals surface area contributed by atoms with Crippen molar-refractivity contribution in [2.75, 3.05) is 6.54 Å². The Labute approximate surface area is 124 Å². The second-order valence-corrected chi connectivity index (χ2v) is 5.72. The van der Waals surface area contributed by atoms with Crippen LogP contribution in [0.25, 0.3) is 0 Å². The summed E-state index contributed by atoms with van der Waals surface area (Å²) in [5.74, 6) is -0.494. The predicted octanol–water partition coefficient (Wildman–Crippen LogP) is 3.09. The number of halogens is 1. The van der Waals surface area contributed by atoms with Gasteiger partial charge in [0.15, 0.2) is 0 Å². The number of aliphatic hydroxyl groups is 1. The summed E-state index contributed by atoms with van der Waals surface area (Å²) in [4.78, 5) is 0. The average molecular weight is 285 g/mol. The van der Waals surface area contributed by atoms with Crippen molar-refractivity contribution < 1.29 is 9.50 Å². The van der Waals surface area contributed by atoms with Crippen molar-refractivity contribution in [1.82, 2.24) is 0 Å². The zero-order chi connectivity index (χ0) is 14.8. The molecule has 2 nitrogen and oxygen atoms in total. The maximum atomic E-state index is 13.0. The topological polar surface area (TPSA) is 46.2 Å². The number of rotatable bonds is 4. The van der Waals surface area contributed by atoms with E-state index in [0.29, 0.717) is 6.54 Å². The fourth-order valence-electron chi connectivity index (χ4n) is 3.17. The summed E-state index contributed by atoms with van der Waals surface area (Å²) < 4.78 is 13.0. The first-order chi connectivity index (χ1) is 10.2. The SMILES string of the molecule is NCC(c1ccc(F)cc1)C(O)c1ccc2c(c1)CCC2. The van der Waals surface area contributed by atoms with Gasteiger partial charge in [-0.2, -0.15) is 0 Å². The minimum atomic E-state index is -0.661. The Kier molecular flexibility index (Phi) is 4.04. The van der Waals surface area contributed by atoms with E-state index in [1.165, 1.54) is 29.7 Å². The molecule has 3 rings (SSSR count). The largest absolute Gasteiger partial charge is 0.388 e. The molecule has 2 atom stereocenters. The van der Waals surface area contributed by atoms with Crippen LogP contribution in [0.3, 0.4) is 0 Å². The highest BCUT2D eigenvalue weighted by molar-refractivity contribution is 5.37. The van der Waals surface area contributed by atoms with Crippen LogP contribution < -0.4 is 5.73 Å². The molecule has 0 radical (unpaired) electrons. The smallest absolute Gasteiger partial charge is 0.123 e. The van der Waals surface area contributed by atoms with Gasteiger partial charge in [0.2, 0.25) is 0 Å². The molecule has 0 amide bonds. The molecule has 2 aromatic carbocycles. The van der Waals surface area contributed by atoms with E-state index in [1.54, 1.807) is 12.1 Å². The van der Waals surface area contributed by atoms with Gasteiger partial charge in [0.05, 0.1) is 6.10 Å². The molecule has 0 bridgehead atoms. The van der Waals surface area contributed by atoms with Gasteiger partial charge in [0, 0.05) is 12.5 Å². The Morgan fingerprint density at radius 3 is 2.38 bits per heavy atom. The zero-order valence-corrected chi connectivity index (χ0v) is 11.9. The van der Waals surface area contributed by atoms with Crippen molar-refractivity contribution in [2.45, 2.75) is 31.3 Å². The maximum absolute atomic E-state index is 13.0. The lowest BCUT2D eigenvalue weighted by atomic mass is 9.88. The highest BCUT2D eigenvalue weighted by atomic mass is 19.1. The third-order valence-electron chi connectivity index (χ3n) is 4.40. The first-order valence-corrected chi connectivity index (χ1v) is 7.44. The lowest BCUT2D eigenvalue weighted by molar-refractivity contribution is 0.147. The first kappa shape index (κ1) is 14.2. The number of aryl methyl sites for hydroxylation is 2. The number of aliphatic hydroxyl groups excluding tert-OH is 1. The highest BCUT2D eigenvalue weighted by Gasteiger charge is 2.23. The van der Waals surface area contributed by atoms with Crippen LogP contribution in [-0.2, 0) is 12.8 Å². The predicted molar refractivity (Wildman–Crippen MR) is 81.6 cm³/mol. The van der Waals surface area contributed by atoms with E-state index in [0.717, 1.165) is 24.0 Å². The van der Waals surface area contributed by atoms with E-state index >= 15 is 0 Å². The molecule has 1 aliphatic carbocycles. The zero-order valence-electron chi connectivity index (χ0n) is 11.9. The van der Waals surface area contributed by atoms with Gasteiger partial charge in [-0.1, -0.05) is 30.3 Å². The molecule has 21 heavy (non-hydrogen) atoms. The van der Waals surface area contributed by atoms with Crippen molar-refractivity contribution in [3.63, 3.8) is 0 Å². The Morgan fingerprint density at radius 1 is 1.00 bits per heavy atom. The summed E-state index contributed by atoms with van der Waals surface area (Å²) in [5, 5.41) is 10.7. The fraction of sp³-hybridized carbons (Fsp3) is 0.333. The normalized spacial score (nSPS) is 16.5. The molecule has 0 aromatic heterocycles. The molecule has 0 fully saturated rings. The Morgan fingerprint density at radius 2 is 1.67 bits per heavy atom. The molecule has 0 heterocycles. The van der Waals surface area contributed by atoms with Gasteiger partial charge >= 0.3 is 0 Å². The van der Waals surface area contributed by atoms with Gasteiger partial charge < -0.3 is 10.8 Å². The molecule has 0 aliphatic heterocycles. The standard InChI is InChI=1S/C18H20FNO/c19-16-8-6-13(7-9-16)17(11-20)18(21)15-5-4-12-2-1-3-14(12)10-15/h4-10,17-18,21H,1-3,11,20H2. The van der Waals surface area contributed by atoms with Crippen molar-refractivity contribution in [3.8, 4) is 0 Å². The highest BCUT2D eigenvalue weighted by Crippen LogP contribution is 2.33. The third kappa shape index (κ3) is 2.85. The number of fused-ring (bicyclic) bond motifs is 1. The second kappa shape index (κ2) is 5.96. The average Bonchev–Trinajstić information content (AvgIpc) is 2.97. The van der Waals surface area contributed by atoms with Crippen LogP contribution in [0, 0.1) is 5.82 Å². The second-order valence-electron chi connectivity index (χ2n) is 5.72. The maximum Gasteiger partial charge on any atom is 0.123 e. The van der Waals surface area contributed by atoms with Crippen LogP contribution in [0.15, 0.2) is 42.5 Å². The molecule has 110 valence electrons. The molecule has 3 N–H and O–H groups in total. The molecule has 2 unspecified atom stereocenters. The van der Waals surface area contributed by atoms with Crippen molar-refractivity contribution in [1.29, 1.82) is 0 Å². The van der Waals surface area contributed by atoms with Gasteiger partial charge in [-0.25, -0.2) is 4.39 Å². The summed E-state index contributed by atoms with van der Waals surface area (Å²) >= 11 is 0. The first-order valence-electron chi connectivity index (χ1n) is 7.44. The Bertz CT molecular complexity index is 624. The van der Waals surface area contributed by atoms with E-state index in [-0.39, 0.29) is 11.7 Å². The minimum absolute atomic E-state index is 0.218. The summed E-state index contributed by atoms with van der Waals surface area (Å²) in [7, 11) is 0. The lowest BCUT2D eigenvalue weighted by Gasteiger charge is -2.23. The molecular weight excluding hydrogens is 265 g/mol. The third-order valence-corrected chi connectivity index (χ3v) is 4.40. The van der Waals surface area contributed by atoms with Crippen LogP contribution in [0.5, 0.6) is 0 Å². The number of hydrogen-bond acceptors (Lipinski definition) is 2. The van der Waals surface area contributed by atoms with Gasteiger partial charge in [-0.05, 0) is 53.6 Å². The molecule has 1 aliphatic rings. The molecule has 0 saturated heterocycles. The Hall–Kier alpha value is -1.71. The molecule has 2 aromatic rings. The molecular formula is C18H20FNO. The summed E-state index contributed by atoms with van der Waals surface area (Å²) in [5.41, 5.74) is 10.3. The van der Waals surface area contributed by atoms with Crippen molar-refractivity contribution in [2.24, 2.45) is 5.73 Å². The van der Waals surface area contributed by atoms with Crippen LogP contribution in [-0.4, -0.2) is 11.7 Å². The molecule has 3 heteroatoms. The monoisotopic (exact) mass is 285 g/mol. The summed E-state index contributed by atoms with van der Waals surface area (Å²) in [6, 6.07) is 12.4. The van der Waals surface area contributed by atoms with E-state index < -0.39 is 6.10 Å². The van der Waals surface area contributed by atoms with E-state index in [1.807, 2.05) is 6.07 Å². The summed E-state index contributed by atoms with van der Waals surface area (Å²) in [6.45, 7) is 0.323. The van der Waals surface area contributed by atoms with E-state index in [4.69, 9.17) is 5.73 Å². The van der Waals surface area contributed by atoms with E-state index in [2.05, 4.69) is 12.1 Å². The van der Waals surface area contributed by atoms with E-state index in [9.17, 15) is 9.50 Å². The molecule has 0 saturated carbocycles. The van der Waals surface area contributed by atoms with Crippen LogP contribution in [0.2, 0.25) is 0 Å². The van der Waals surface area contributed by atoms with Gasteiger partial charge in [0.25, 0.3) is 0 Å². The number of nitrogens with two attached hydrogens (primary N) is 1. The van der Waals surface area contributed by atoms with Crippen molar-refractivity contribution >= 4 is 0 Å². The lowest BCUT2D eigenvalue weighted by Crippen LogP contribution is -2.20. The number of benzene rings is 2. The quantitative estimate of drug-likeness (QED) is 0.906. The van der Waals surface area contributed by atoms with Crippen LogP contribution in [0.4, 0.5) is 4.39 Å². The molecule has 0 spiro atoms. The fourth-order valence-corrected chi connectivity index (χ4v) is 3.17. The van der Waals surface area contributed by atoms with Crippen molar-refractivity contribution in [3.05, 3.63) is 70.5 Å². The van der Waals surface area contributed by atoms with Gasteiger partial charge in [0.1, 0.15) is 5.82 Å². The van der Waals surface area contributed by atoms with Gasteiger partial charge in [-0.3, -0.25) is 0 Å². The summed E-state index contributed by atoms with van der Waals surface area (Å²) in [6.07, 6.45) is 2.74. The Balaban J connectivity index is 1.88. The minimum Gasteiger partial charge on any atom is -0.388 e.